The number of carbonyl (C=O) groups excluding carboxylic acids is 3. The molecule has 0 aromatic heterocycles. The zero-order chi connectivity index (χ0) is 21.8. The normalized spacial score (nSPS) is 42.7. The summed E-state index contributed by atoms with van der Waals surface area (Å²) in [5.41, 5.74) is 1.78. The van der Waals surface area contributed by atoms with Crippen LogP contribution in [0.2, 0.25) is 0 Å². The monoisotopic (exact) mass is 412 g/mol. The molecule has 1 unspecified atom stereocenters. The first-order valence-electron chi connectivity index (χ1n) is 11.8. The van der Waals surface area contributed by atoms with Gasteiger partial charge in [0.25, 0.3) is 0 Å². The van der Waals surface area contributed by atoms with Gasteiger partial charge in [0.15, 0.2) is 5.78 Å². The minimum absolute atomic E-state index is 0.00139. The number of rotatable bonds is 4. The van der Waals surface area contributed by atoms with Crippen molar-refractivity contribution < 1.29 is 19.1 Å². The molecule has 4 nitrogen and oxygen atoms in total. The molecule has 4 aliphatic carbocycles. The lowest BCUT2D eigenvalue weighted by atomic mass is 9.44. The topological polar surface area (TPSA) is 60.4 Å². The van der Waals surface area contributed by atoms with Gasteiger partial charge in [-0.25, -0.2) is 0 Å². The molecule has 3 fully saturated rings. The maximum atomic E-state index is 13.0. The van der Waals surface area contributed by atoms with E-state index in [2.05, 4.69) is 20.4 Å². The van der Waals surface area contributed by atoms with Gasteiger partial charge < -0.3 is 4.74 Å². The molecule has 3 saturated carbocycles. The Morgan fingerprint density at radius 2 is 1.83 bits per heavy atom. The smallest absolute Gasteiger partial charge is 0.305 e. The summed E-state index contributed by atoms with van der Waals surface area (Å²) in [7, 11) is 0. The minimum Gasteiger partial charge on any atom is -0.462 e. The fraction of sp³-hybridized carbons (Fsp3) is 0.731. The maximum Gasteiger partial charge on any atom is 0.305 e. The summed E-state index contributed by atoms with van der Waals surface area (Å²) in [4.78, 5) is 37.5. The second-order valence-corrected chi connectivity index (χ2v) is 10.5. The quantitative estimate of drug-likeness (QED) is 0.595. The summed E-state index contributed by atoms with van der Waals surface area (Å²) in [5.74, 6) is 1.22. The van der Waals surface area contributed by atoms with Crippen molar-refractivity contribution >= 4 is 17.5 Å². The fourth-order valence-corrected chi connectivity index (χ4v) is 7.71. The molecule has 0 N–H and O–H groups in total. The Hall–Kier alpha value is -1.71. The average Bonchev–Trinajstić information content (AvgIpc) is 3.04. The third-order valence-electron chi connectivity index (χ3n) is 9.30. The molecule has 7 atom stereocenters. The molecule has 4 heteroatoms. The summed E-state index contributed by atoms with van der Waals surface area (Å²) >= 11 is 0. The van der Waals surface area contributed by atoms with E-state index >= 15 is 0 Å². The fourth-order valence-electron chi connectivity index (χ4n) is 7.71. The van der Waals surface area contributed by atoms with Crippen LogP contribution in [0.4, 0.5) is 0 Å². The van der Waals surface area contributed by atoms with E-state index in [9.17, 15) is 14.4 Å². The third kappa shape index (κ3) is 2.97. The lowest BCUT2D eigenvalue weighted by Crippen LogP contribution is -2.55. The van der Waals surface area contributed by atoms with Gasteiger partial charge in [0.05, 0.1) is 0 Å². The van der Waals surface area contributed by atoms with E-state index in [0.717, 1.165) is 43.3 Å². The molecule has 164 valence electrons. The summed E-state index contributed by atoms with van der Waals surface area (Å²) in [6.45, 7) is 12.7. The number of fused-ring (bicyclic) bond motifs is 5. The molecule has 0 aromatic rings. The Kier molecular flexibility index (Phi) is 5.35. The predicted molar refractivity (Wildman–Crippen MR) is 116 cm³/mol. The van der Waals surface area contributed by atoms with Gasteiger partial charge in [-0.1, -0.05) is 39.8 Å². The van der Waals surface area contributed by atoms with Crippen LogP contribution in [0.5, 0.6) is 0 Å². The maximum absolute atomic E-state index is 13.0. The third-order valence-corrected chi connectivity index (χ3v) is 9.30. The molecule has 30 heavy (non-hydrogen) atoms. The second kappa shape index (κ2) is 7.46. The van der Waals surface area contributed by atoms with Crippen LogP contribution in [0.3, 0.4) is 0 Å². The van der Waals surface area contributed by atoms with Gasteiger partial charge >= 0.3 is 5.97 Å². The van der Waals surface area contributed by atoms with E-state index in [4.69, 9.17) is 4.74 Å². The molecule has 0 spiro atoms. The van der Waals surface area contributed by atoms with Gasteiger partial charge in [0.1, 0.15) is 11.9 Å². The Morgan fingerprint density at radius 3 is 2.50 bits per heavy atom. The van der Waals surface area contributed by atoms with Crippen molar-refractivity contribution in [3.8, 4) is 0 Å². The predicted octanol–water partition coefficient (Wildman–Crippen LogP) is 5.21. The first-order valence-corrected chi connectivity index (χ1v) is 11.8. The highest BCUT2D eigenvalue weighted by atomic mass is 16.5. The summed E-state index contributed by atoms with van der Waals surface area (Å²) in [5, 5.41) is 0. The Labute approximate surface area is 180 Å². The number of ketones is 2. The highest BCUT2D eigenvalue weighted by Gasteiger charge is 2.63. The number of ether oxygens (including phenoxy) is 1. The van der Waals surface area contributed by atoms with Crippen molar-refractivity contribution in [3.63, 3.8) is 0 Å². The number of allylic oxidation sites excluding steroid dienone is 2. The first kappa shape index (κ1) is 21.5. The van der Waals surface area contributed by atoms with E-state index in [0.29, 0.717) is 37.0 Å². The molecule has 0 saturated heterocycles. The first-order chi connectivity index (χ1) is 14.2. The minimum atomic E-state index is -0.305. The van der Waals surface area contributed by atoms with Crippen molar-refractivity contribution in [3.05, 3.63) is 23.8 Å². The van der Waals surface area contributed by atoms with E-state index in [1.54, 1.807) is 6.08 Å². The second-order valence-electron chi connectivity index (χ2n) is 10.5. The Morgan fingerprint density at radius 1 is 1.10 bits per heavy atom. The van der Waals surface area contributed by atoms with Gasteiger partial charge in [-0.3, -0.25) is 14.4 Å². The van der Waals surface area contributed by atoms with Crippen LogP contribution < -0.4 is 0 Å². The Bertz CT molecular complexity index is 823. The van der Waals surface area contributed by atoms with Crippen LogP contribution in [0, 0.1) is 34.5 Å². The molecule has 0 heterocycles. The molecule has 0 amide bonds. The zero-order valence-electron chi connectivity index (χ0n) is 19.0. The number of hydrogen-bond donors (Lipinski definition) is 0. The number of carbonyl (C=O) groups is 3. The van der Waals surface area contributed by atoms with Crippen LogP contribution in [-0.4, -0.2) is 23.6 Å². The van der Waals surface area contributed by atoms with Crippen molar-refractivity contribution in [1.29, 1.82) is 0 Å². The number of Topliss-reactive ketones (excluding diaryl/α,β-unsaturated/α-hetero) is 1. The standard InChI is InChI=1S/C26H36O4/c1-6-22(28)21-14-16(27)13-20-15(3)12-17-18-8-9-23(30-24(29)7-2)25(18,4)11-10-19(17)26(20,21)5/h13,17-19,21,23H,3,6-12,14H2,1-2,4-5H3/t17-,18-,19-,21?,23+,25-,26+/m0/s1. The van der Waals surface area contributed by atoms with Crippen LogP contribution in [-0.2, 0) is 19.1 Å². The number of hydrogen-bond acceptors (Lipinski definition) is 4. The molecular formula is C26H36O4. The average molecular weight is 413 g/mol. The zero-order valence-corrected chi connectivity index (χ0v) is 19.0. The highest BCUT2D eigenvalue weighted by molar-refractivity contribution is 5.98. The molecule has 0 aromatic carbocycles. The summed E-state index contributed by atoms with van der Waals surface area (Å²) in [6.07, 6.45) is 7.93. The highest BCUT2D eigenvalue weighted by Crippen LogP contribution is 2.67. The summed E-state index contributed by atoms with van der Waals surface area (Å²) in [6, 6.07) is 0. The SMILES string of the molecule is C=C1C[C@H]2[C@@H]3CC[C@@H](OC(=O)CC)[C@@]3(C)CC[C@@H]2[C@]2(C)C1=CC(=O)CC2C(=O)CC. The van der Waals surface area contributed by atoms with E-state index in [1.807, 2.05) is 13.8 Å². The van der Waals surface area contributed by atoms with E-state index < -0.39 is 0 Å². The molecule has 0 aliphatic heterocycles. The van der Waals surface area contributed by atoms with Crippen molar-refractivity contribution in [1.82, 2.24) is 0 Å². The van der Waals surface area contributed by atoms with Gasteiger partial charge in [0, 0.05) is 36.0 Å². The van der Waals surface area contributed by atoms with Gasteiger partial charge in [-0.15, -0.1) is 0 Å². The number of esters is 1. The van der Waals surface area contributed by atoms with Crippen LogP contribution in [0.1, 0.15) is 79.1 Å². The van der Waals surface area contributed by atoms with Crippen molar-refractivity contribution in [2.75, 3.05) is 0 Å². The van der Waals surface area contributed by atoms with Crippen LogP contribution in [0.15, 0.2) is 23.8 Å². The molecule has 4 aliphatic rings. The van der Waals surface area contributed by atoms with Gasteiger partial charge in [-0.2, -0.15) is 0 Å². The molecule has 0 radical (unpaired) electrons. The van der Waals surface area contributed by atoms with Crippen molar-refractivity contribution in [2.45, 2.75) is 85.2 Å². The molecule has 4 rings (SSSR count). The molecular weight excluding hydrogens is 376 g/mol. The van der Waals surface area contributed by atoms with Gasteiger partial charge in [0.2, 0.25) is 0 Å². The van der Waals surface area contributed by atoms with Crippen molar-refractivity contribution in [2.24, 2.45) is 34.5 Å². The largest absolute Gasteiger partial charge is 0.462 e. The lowest BCUT2D eigenvalue weighted by Gasteiger charge is -2.60. The van der Waals surface area contributed by atoms with Gasteiger partial charge in [-0.05, 0) is 61.5 Å². The molecule has 0 bridgehead atoms. The lowest BCUT2D eigenvalue weighted by molar-refractivity contribution is -0.160. The summed E-state index contributed by atoms with van der Waals surface area (Å²) < 4.78 is 5.89. The van der Waals surface area contributed by atoms with Crippen LogP contribution >= 0.6 is 0 Å². The van der Waals surface area contributed by atoms with E-state index in [-0.39, 0.29) is 40.4 Å². The Balaban J connectivity index is 1.71. The van der Waals surface area contributed by atoms with Crippen LogP contribution in [0.25, 0.3) is 0 Å². The van der Waals surface area contributed by atoms with E-state index in [1.165, 1.54) is 0 Å².